The van der Waals surface area contributed by atoms with Gasteiger partial charge in [-0.3, -0.25) is 19.4 Å². The molecule has 0 aromatic heterocycles. The Morgan fingerprint density at radius 3 is 2.38 bits per heavy atom. The van der Waals surface area contributed by atoms with Crippen molar-refractivity contribution in [2.75, 3.05) is 13.2 Å². The lowest BCUT2D eigenvalue weighted by Gasteiger charge is -2.39. The molecule has 1 aromatic carbocycles. The van der Waals surface area contributed by atoms with Gasteiger partial charge in [-0.1, -0.05) is 18.6 Å². The quantitative estimate of drug-likeness (QED) is 0.854. The van der Waals surface area contributed by atoms with Crippen molar-refractivity contribution in [3.8, 4) is 0 Å². The number of hydrogen-bond acceptors (Lipinski definition) is 4. The van der Waals surface area contributed by atoms with Crippen LogP contribution in [0.4, 0.5) is 0 Å². The molecule has 2 aliphatic heterocycles. The number of rotatable bonds is 3. The maximum absolute atomic E-state index is 12.4. The Labute approximate surface area is 124 Å². The van der Waals surface area contributed by atoms with E-state index in [1.54, 1.807) is 24.3 Å². The van der Waals surface area contributed by atoms with E-state index in [9.17, 15) is 9.59 Å². The second-order valence-corrected chi connectivity index (χ2v) is 5.96. The smallest absolute Gasteiger partial charge is 0.262 e. The third-order valence-corrected chi connectivity index (χ3v) is 4.47. The van der Waals surface area contributed by atoms with E-state index in [1.807, 2.05) is 6.92 Å². The largest absolute Gasteiger partial charge is 0.327 e. The molecule has 2 atom stereocenters. The number of imide groups is 1. The normalized spacial score (nSPS) is 24.3. The van der Waals surface area contributed by atoms with Crippen LogP contribution in [0.1, 0.15) is 46.9 Å². The Kier molecular flexibility index (Phi) is 3.78. The van der Waals surface area contributed by atoms with Crippen molar-refractivity contribution < 1.29 is 9.59 Å². The van der Waals surface area contributed by atoms with E-state index in [0.717, 1.165) is 25.8 Å². The summed E-state index contributed by atoms with van der Waals surface area (Å²) < 4.78 is 0. The van der Waals surface area contributed by atoms with Crippen molar-refractivity contribution in [2.45, 2.75) is 38.3 Å². The number of hydrogen-bond donors (Lipinski definition) is 1. The first-order chi connectivity index (χ1) is 10.1. The molecule has 5 heteroatoms. The van der Waals surface area contributed by atoms with Crippen molar-refractivity contribution in [3.05, 3.63) is 35.4 Å². The van der Waals surface area contributed by atoms with Crippen molar-refractivity contribution >= 4 is 11.8 Å². The Morgan fingerprint density at radius 1 is 1.19 bits per heavy atom. The average molecular weight is 287 g/mol. The SMILES string of the molecule is CC(N)C1CCCCN1CN1C(=O)c2ccccc2C1=O. The number of piperidine rings is 1. The third kappa shape index (κ3) is 2.47. The van der Waals surface area contributed by atoms with E-state index in [-0.39, 0.29) is 23.9 Å². The van der Waals surface area contributed by atoms with Gasteiger partial charge in [0.1, 0.15) is 0 Å². The number of carbonyl (C=O) groups excluding carboxylic acids is 2. The lowest BCUT2D eigenvalue weighted by molar-refractivity contribution is 0.0393. The molecule has 0 radical (unpaired) electrons. The van der Waals surface area contributed by atoms with Gasteiger partial charge in [-0.2, -0.15) is 0 Å². The zero-order valence-corrected chi connectivity index (χ0v) is 12.3. The Balaban J connectivity index is 1.80. The second kappa shape index (κ2) is 5.58. The number of carbonyl (C=O) groups is 2. The monoisotopic (exact) mass is 287 g/mol. The fourth-order valence-corrected chi connectivity index (χ4v) is 3.34. The van der Waals surface area contributed by atoms with Crippen molar-refractivity contribution in [1.82, 2.24) is 9.80 Å². The van der Waals surface area contributed by atoms with Crippen LogP contribution in [0.5, 0.6) is 0 Å². The summed E-state index contributed by atoms with van der Waals surface area (Å²) in [6.45, 7) is 3.23. The lowest BCUT2D eigenvalue weighted by atomic mass is 9.97. The van der Waals surface area contributed by atoms with E-state index in [2.05, 4.69) is 4.90 Å². The van der Waals surface area contributed by atoms with Crippen LogP contribution in [0.2, 0.25) is 0 Å². The third-order valence-electron chi connectivity index (χ3n) is 4.47. The highest BCUT2D eigenvalue weighted by Crippen LogP contribution is 2.25. The Hall–Kier alpha value is -1.72. The van der Waals surface area contributed by atoms with Gasteiger partial charge in [-0.15, -0.1) is 0 Å². The first-order valence-corrected chi connectivity index (χ1v) is 7.54. The summed E-state index contributed by atoms with van der Waals surface area (Å²) in [7, 11) is 0. The fraction of sp³-hybridized carbons (Fsp3) is 0.500. The molecule has 2 amide bonds. The molecule has 112 valence electrons. The van der Waals surface area contributed by atoms with E-state index in [1.165, 1.54) is 4.90 Å². The summed E-state index contributed by atoms with van der Waals surface area (Å²) in [5.74, 6) is -0.380. The zero-order chi connectivity index (χ0) is 15.0. The summed E-state index contributed by atoms with van der Waals surface area (Å²) in [6, 6.07) is 7.30. The first-order valence-electron chi connectivity index (χ1n) is 7.54. The van der Waals surface area contributed by atoms with Crippen molar-refractivity contribution in [3.63, 3.8) is 0 Å². The predicted molar refractivity (Wildman–Crippen MR) is 79.8 cm³/mol. The van der Waals surface area contributed by atoms with Crippen LogP contribution in [0, 0.1) is 0 Å². The highest BCUT2D eigenvalue weighted by molar-refractivity contribution is 6.21. The molecule has 2 N–H and O–H groups in total. The molecular weight excluding hydrogens is 266 g/mol. The predicted octanol–water partition coefficient (Wildman–Crippen LogP) is 1.44. The van der Waals surface area contributed by atoms with Gasteiger partial charge in [-0.25, -0.2) is 0 Å². The maximum atomic E-state index is 12.4. The molecular formula is C16H21N3O2. The summed E-state index contributed by atoms with van der Waals surface area (Å²) in [4.78, 5) is 28.3. The Bertz CT molecular complexity index is 535. The molecule has 2 aliphatic rings. The number of amides is 2. The zero-order valence-electron chi connectivity index (χ0n) is 12.3. The van der Waals surface area contributed by atoms with Crippen LogP contribution in [-0.4, -0.2) is 46.9 Å². The maximum Gasteiger partial charge on any atom is 0.262 e. The average Bonchev–Trinajstić information content (AvgIpc) is 2.73. The molecule has 3 rings (SSSR count). The molecule has 21 heavy (non-hydrogen) atoms. The number of nitrogens with zero attached hydrogens (tertiary/aromatic N) is 2. The van der Waals surface area contributed by atoms with Crippen LogP contribution in [-0.2, 0) is 0 Å². The van der Waals surface area contributed by atoms with Crippen LogP contribution < -0.4 is 5.73 Å². The molecule has 1 aromatic rings. The number of fused-ring (bicyclic) bond motifs is 1. The summed E-state index contributed by atoms with van der Waals surface area (Å²) in [5.41, 5.74) is 7.08. The molecule has 0 bridgehead atoms. The summed E-state index contributed by atoms with van der Waals surface area (Å²) in [6.07, 6.45) is 3.28. The molecule has 0 spiro atoms. The van der Waals surface area contributed by atoms with Gasteiger partial charge in [0, 0.05) is 18.6 Å². The van der Waals surface area contributed by atoms with Gasteiger partial charge in [0.05, 0.1) is 17.8 Å². The van der Waals surface area contributed by atoms with E-state index < -0.39 is 0 Å². The van der Waals surface area contributed by atoms with Gasteiger partial charge >= 0.3 is 0 Å². The van der Waals surface area contributed by atoms with Gasteiger partial charge in [0.15, 0.2) is 0 Å². The Morgan fingerprint density at radius 2 is 1.81 bits per heavy atom. The van der Waals surface area contributed by atoms with Crippen LogP contribution in [0.3, 0.4) is 0 Å². The summed E-state index contributed by atoms with van der Waals surface area (Å²) >= 11 is 0. The van der Waals surface area contributed by atoms with E-state index in [0.29, 0.717) is 17.8 Å². The van der Waals surface area contributed by atoms with Gasteiger partial charge in [0.2, 0.25) is 0 Å². The minimum atomic E-state index is -0.190. The fourth-order valence-electron chi connectivity index (χ4n) is 3.34. The second-order valence-electron chi connectivity index (χ2n) is 5.96. The first kappa shape index (κ1) is 14.2. The highest BCUT2D eigenvalue weighted by Gasteiger charge is 2.37. The molecule has 2 unspecified atom stereocenters. The number of benzene rings is 1. The van der Waals surface area contributed by atoms with Crippen LogP contribution >= 0.6 is 0 Å². The minimum absolute atomic E-state index is 0.0421. The van der Waals surface area contributed by atoms with Gasteiger partial charge in [-0.05, 0) is 31.9 Å². The number of likely N-dealkylation sites (tertiary alicyclic amines) is 1. The van der Waals surface area contributed by atoms with E-state index >= 15 is 0 Å². The highest BCUT2D eigenvalue weighted by atomic mass is 16.2. The molecule has 1 fully saturated rings. The molecule has 0 saturated carbocycles. The van der Waals surface area contributed by atoms with Gasteiger partial charge < -0.3 is 5.73 Å². The van der Waals surface area contributed by atoms with Crippen LogP contribution in [0.15, 0.2) is 24.3 Å². The van der Waals surface area contributed by atoms with Crippen molar-refractivity contribution in [1.29, 1.82) is 0 Å². The van der Waals surface area contributed by atoms with Crippen molar-refractivity contribution in [2.24, 2.45) is 5.73 Å². The minimum Gasteiger partial charge on any atom is -0.327 e. The lowest BCUT2D eigenvalue weighted by Crippen LogP contribution is -2.53. The molecule has 5 nitrogen and oxygen atoms in total. The molecule has 2 heterocycles. The molecule has 1 saturated heterocycles. The molecule has 0 aliphatic carbocycles. The number of nitrogens with two attached hydrogens (primary N) is 1. The van der Waals surface area contributed by atoms with Gasteiger partial charge in [0.25, 0.3) is 11.8 Å². The topological polar surface area (TPSA) is 66.6 Å². The van der Waals surface area contributed by atoms with Crippen LogP contribution in [0.25, 0.3) is 0 Å². The standard InChI is InChI=1S/C16H21N3O2/c1-11(17)14-8-4-5-9-18(14)10-19-15(20)12-6-2-3-7-13(12)16(19)21/h2-3,6-7,11,14H,4-5,8-10,17H2,1H3. The van der Waals surface area contributed by atoms with E-state index in [4.69, 9.17) is 5.73 Å². The summed E-state index contributed by atoms with van der Waals surface area (Å²) in [5, 5.41) is 0.